The second kappa shape index (κ2) is 9.25. The summed E-state index contributed by atoms with van der Waals surface area (Å²) in [4.78, 5) is 16.0. The molecule has 186 valence electrons. The minimum atomic E-state index is -3.13. The van der Waals surface area contributed by atoms with Crippen molar-refractivity contribution in [1.82, 2.24) is 4.57 Å². The monoisotopic (exact) mass is 550 g/mol. The van der Waals surface area contributed by atoms with E-state index in [0.717, 1.165) is 42.3 Å². The summed E-state index contributed by atoms with van der Waals surface area (Å²) in [6, 6.07) is 33.4. The van der Waals surface area contributed by atoms with Gasteiger partial charge >= 0.3 is 0 Å². The molecule has 0 spiro atoms. The van der Waals surface area contributed by atoms with Crippen molar-refractivity contribution in [2.24, 2.45) is 0 Å². The van der Waals surface area contributed by atoms with Gasteiger partial charge in [0.25, 0.3) is 5.91 Å². The fraction of sp³-hybridized carbons (Fsp3) is 0.0645. The van der Waals surface area contributed by atoms with Crippen LogP contribution < -0.4 is 19.4 Å². The molecule has 0 aliphatic carbocycles. The van der Waals surface area contributed by atoms with Crippen LogP contribution in [0.1, 0.15) is 17.2 Å². The Bertz CT molecular complexity index is 1770. The molecule has 7 rings (SSSR count). The van der Waals surface area contributed by atoms with E-state index in [4.69, 9.17) is 0 Å². The van der Waals surface area contributed by atoms with E-state index in [1.54, 1.807) is 0 Å². The van der Waals surface area contributed by atoms with Gasteiger partial charge in [-0.2, -0.15) is 0 Å². The molecule has 0 bridgehead atoms. The summed E-state index contributed by atoms with van der Waals surface area (Å²) in [6.45, 7) is 0.502. The Balaban J connectivity index is 1.43. The number of para-hydroxylation sites is 2. The smallest absolute Gasteiger partial charge is 0.255 e. The van der Waals surface area contributed by atoms with Gasteiger partial charge in [0.15, 0.2) is 7.14 Å². The summed E-state index contributed by atoms with van der Waals surface area (Å²) in [5.41, 5.74) is 3.87. The average molecular weight is 551 g/mol. The number of nitrogens with zero attached hydrogens (tertiary/aromatic N) is 2. The van der Waals surface area contributed by atoms with Gasteiger partial charge in [-0.3, -0.25) is 4.79 Å². The Labute approximate surface area is 228 Å². The first-order valence-electron chi connectivity index (χ1n) is 12.4. The second-order valence-corrected chi connectivity index (χ2v) is 14.5. The van der Waals surface area contributed by atoms with Crippen LogP contribution in [-0.2, 0) is 15.9 Å². The van der Waals surface area contributed by atoms with Gasteiger partial charge in [0.05, 0.1) is 15.8 Å². The Hall–Kier alpha value is -3.70. The lowest BCUT2D eigenvalue weighted by molar-refractivity contribution is -0.119. The van der Waals surface area contributed by atoms with Crippen molar-refractivity contribution in [3.05, 3.63) is 131 Å². The summed E-state index contributed by atoms with van der Waals surface area (Å²) in [7, 11) is -3.13. The zero-order valence-electron chi connectivity index (χ0n) is 20.3. The molecule has 38 heavy (non-hydrogen) atoms. The Morgan fingerprint density at radius 1 is 0.737 bits per heavy atom. The first-order valence-corrected chi connectivity index (χ1v) is 15.9. The zero-order valence-corrected chi connectivity index (χ0v) is 22.8. The quantitative estimate of drug-likeness (QED) is 0.221. The molecule has 4 nitrogen and oxygen atoms in total. The van der Waals surface area contributed by atoms with Crippen LogP contribution in [0.25, 0.3) is 10.9 Å². The number of aromatic nitrogens is 1. The van der Waals surface area contributed by atoms with Crippen molar-refractivity contribution in [2.75, 3.05) is 4.90 Å². The Morgan fingerprint density at radius 2 is 1.39 bits per heavy atom. The van der Waals surface area contributed by atoms with Crippen molar-refractivity contribution in [3.63, 3.8) is 0 Å². The maximum absolute atomic E-state index is 15.1. The first-order chi connectivity index (χ1) is 18.7. The molecule has 1 atom stereocenters. The largest absolute Gasteiger partial charge is 0.330 e. The van der Waals surface area contributed by atoms with Gasteiger partial charge in [-0.15, -0.1) is 22.7 Å². The molecule has 0 saturated carbocycles. The van der Waals surface area contributed by atoms with Gasteiger partial charge in [-0.25, -0.2) is 0 Å². The normalized spacial score (nSPS) is 15.3. The van der Waals surface area contributed by atoms with E-state index in [-0.39, 0.29) is 5.91 Å². The number of rotatable bonds is 6. The Morgan fingerprint density at radius 3 is 2.11 bits per heavy atom. The highest BCUT2D eigenvalue weighted by atomic mass is 32.1. The number of anilines is 1. The van der Waals surface area contributed by atoms with Crippen LogP contribution in [0.5, 0.6) is 0 Å². The van der Waals surface area contributed by atoms with Crippen LogP contribution in [0, 0.1) is 0 Å². The van der Waals surface area contributed by atoms with Crippen molar-refractivity contribution in [3.8, 4) is 0 Å². The summed E-state index contributed by atoms with van der Waals surface area (Å²) < 4.78 is 18.9. The molecule has 1 amide bonds. The van der Waals surface area contributed by atoms with Gasteiger partial charge in [0.2, 0.25) is 0 Å². The second-order valence-electron chi connectivity index (χ2n) is 9.32. The molecular formula is C31H23N2O2PS2. The van der Waals surface area contributed by atoms with Gasteiger partial charge in [0, 0.05) is 33.7 Å². The van der Waals surface area contributed by atoms with E-state index in [9.17, 15) is 4.79 Å². The van der Waals surface area contributed by atoms with Crippen LogP contribution >= 0.6 is 29.8 Å². The van der Waals surface area contributed by atoms with Crippen LogP contribution in [-0.4, -0.2) is 10.5 Å². The lowest BCUT2D eigenvalue weighted by Crippen LogP contribution is -2.30. The van der Waals surface area contributed by atoms with E-state index in [2.05, 4.69) is 0 Å². The van der Waals surface area contributed by atoms with Crippen LogP contribution in [0.3, 0.4) is 0 Å². The standard InChI is InChI=1S/C31H23N2O2PS2/c34-31-30(24-13-5-7-15-26(24)33(31)20-22-10-2-1-3-11-22)32-21-27(23-12-4-6-14-25(23)32)36(35,28-16-8-18-37-28)29-17-9-19-38-29/h1-19,21,30H,20H2. The topological polar surface area (TPSA) is 42.3 Å². The number of hydrogen-bond acceptors (Lipinski definition) is 4. The van der Waals surface area contributed by atoms with Crippen LogP contribution in [0.15, 0.2) is 120 Å². The predicted molar refractivity (Wildman–Crippen MR) is 159 cm³/mol. The molecule has 1 aliphatic heterocycles. The zero-order chi connectivity index (χ0) is 25.7. The van der Waals surface area contributed by atoms with Gasteiger partial charge in [0.1, 0.15) is 6.04 Å². The molecule has 1 unspecified atom stereocenters. The molecule has 6 aromatic rings. The van der Waals surface area contributed by atoms with E-state index in [0.29, 0.717) is 6.54 Å². The number of carbonyl (C=O) groups is 1. The van der Waals surface area contributed by atoms with Gasteiger partial charge in [-0.1, -0.05) is 78.9 Å². The lowest BCUT2D eigenvalue weighted by atomic mass is 10.1. The summed E-state index contributed by atoms with van der Waals surface area (Å²) in [5.74, 6) is 0.0180. The fourth-order valence-electron chi connectivity index (χ4n) is 5.46. The number of fused-ring (bicyclic) bond motifs is 2. The number of hydrogen-bond donors (Lipinski definition) is 0. The van der Waals surface area contributed by atoms with E-state index in [1.165, 1.54) is 22.7 Å². The van der Waals surface area contributed by atoms with Crippen LogP contribution in [0.2, 0.25) is 0 Å². The first kappa shape index (κ1) is 23.4. The number of thiophene rings is 2. The minimum absolute atomic E-state index is 0.0180. The molecule has 3 aromatic heterocycles. The Kier molecular flexibility index (Phi) is 5.70. The van der Waals surface area contributed by atoms with Crippen LogP contribution in [0.4, 0.5) is 5.69 Å². The fourth-order valence-corrected chi connectivity index (χ4v) is 11.4. The van der Waals surface area contributed by atoms with E-state index < -0.39 is 13.2 Å². The SMILES string of the molecule is O=C1C(n2cc(P(=O)(c3cccs3)c3cccs3)c3ccccc32)c2ccccc2N1Cc1ccccc1. The van der Waals surface area contributed by atoms with Gasteiger partial charge in [-0.05, 0) is 40.6 Å². The molecule has 7 heteroatoms. The molecular weight excluding hydrogens is 527 g/mol. The van der Waals surface area contributed by atoms with Crippen molar-refractivity contribution in [2.45, 2.75) is 12.6 Å². The highest BCUT2D eigenvalue weighted by molar-refractivity contribution is 7.92. The molecule has 0 saturated heterocycles. The van der Waals surface area contributed by atoms with E-state index >= 15 is 4.57 Å². The summed E-state index contributed by atoms with van der Waals surface area (Å²) in [5, 5.41) is 5.66. The third kappa shape index (κ3) is 3.56. The highest BCUT2D eigenvalue weighted by Crippen LogP contribution is 2.49. The third-order valence-electron chi connectivity index (χ3n) is 7.18. The summed E-state index contributed by atoms with van der Waals surface area (Å²) in [6.07, 6.45) is 1.98. The number of amides is 1. The third-order valence-corrected chi connectivity index (χ3v) is 13.3. The number of carbonyl (C=O) groups excluding carboxylic acids is 1. The van der Waals surface area contributed by atoms with E-state index in [1.807, 2.05) is 130 Å². The van der Waals surface area contributed by atoms with Gasteiger partial charge < -0.3 is 14.0 Å². The number of benzene rings is 3. The minimum Gasteiger partial charge on any atom is -0.330 e. The lowest BCUT2D eigenvalue weighted by Gasteiger charge is -2.19. The van der Waals surface area contributed by atoms with Crippen molar-refractivity contribution < 1.29 is 9.36 Å². The maximum atomic E-state index is 15.1. The molecule has 0 fully saturated rings. The molecule has 0 N–H and O–H groups in total. The molecule has 0 radical (unpaired) electrons. The van der Waals surface area contributed by atoms with Crippen molar-refractivity contribution in [1.29, 1.82) is 0 Å². The molecule has 3 aromatic carbocycles. The molecule has 1 aliphatic rings. The average Bonchev–Trinajstić information content (AvgIpc) is 3.77. The predicted octanol–water partition coefficient (Wildman–Crippen LogP) is 6.54. The summed E-state index contributed by atoms with van der Waals surface area (Å²) >= 11 is 3.05. The van der Waals surface area contributed by atoms with Crippen molar-refractivity contribution >= 4 is 66.9 Å². The molecule has 4 heterocycles. The highest BCUT2D eigenvalue weighted by Gasteiger charge is 2.41. The maximum Gasteiger partial charge on any atom is 0.255 e.